The van der Waals surface area contributed by atoms with E-state index in [0.29, 0.717) is 18.4 Å². The van der Waals surface area contributed by atoms with Gasteiger partial charge in [-0.1, -0.05) is 65.8 Å². The highest BCUT2D eigenvalue weighted by atomic mass is 16.5. The van der Waals surface area contributed by atoms with Gasteiger partial charge < -0.3 is 9.84 Å². The zero-order valence-electron chi connectivity index (χ0n) is 18.7. The number of aliphatic carboxylic acids is 1. The molecule has 0 heterocycles. The third-order valence-corrected chi connectivity index (χ3v) is 5.28. The van der Waals surface area contributed by atoms with Crippen LogP contribution in [0.15, 0.2) is 35.9 Å². The quantitative estimate of drug-likeness (QED) is 0.458. The molecule has 2 atom stereocenters. The highest BCUT2D eigenvalue weighted by Gasteiger charge is 2.40. The summed E-state index contributed by atoms with van der Waals surface area (Å²) < 4.78 is 6.18. The van der Waals surface area contributed by atoms with E-state index in [9.17, 15) is 4.79 Å². The van der Waals surface area contributed by atoms with Crippen molar-refractivity contribution in [3.8, 4) is 5.75 Å². The standard InChI is InChI=1S/C25H36O3/c1-9-28-23-20(19-13-17(19)11-10-16(2)12-22(26)27)14-18(24(3,4)5)15-21(23)25(6,7)8/h10-12,14-15,17,19H,9,13H2,1-8H3,(H,26,27). The monoisotopic (exact) mass is 384 g/mol. The van der Waals surface area contributed by atoms with Gasteiger partial charge in [0.15, 0.2) is 0 Å². The molecule has 0 aromatic heterocycles. The average molecular weight is 385 g/mol. The second-order valence-corrected chi connectivity index (χ2v) is 9.97. The first-order valence-corrected chi connectivity index (χ1v) is 10.3. The predicted molar refractivity (Wildman–Crippen MR) is 116 cm³/mol. The van der Waals surface area contributed by atoms with Gasteiger partial charge >= 0.3 is 5.97 Å². The van der Waals surface area contributed by atoms with E-state index >= 15 is 0 Å². The predicted octanol–water partition coefficient (Wildman–Crippen LogP) is 6.37. The van der Waals surface area contributed by atoms with Crippen LogP contribution in [0.4, 0.5) is 0 Å². The lowest BCUT2D eigenvalue weighted by molar-refractivity contribution is -0.131. The van der Waals surface area contributed by atoms with Crippen molar-refractivity contribution in [2.24, 2.45) is 5.92 Å². The van der Waals surface area contributed by atoms with Gasteiger partial charge in [-0.2, -0.15) is 0 Å². The Morgan fingerprint density at radius 3 is 2.32 bits per heavy atom. The van der Waals surface area contributed by atoms with E-state index in [0.717, 1.165) is 17.7 Å². The zero-order valence-corrected chi connectivity index (χ0v) is 18.7. The van der Waals surface area contributed by atoms with Crippen LogP contribution in [-0.4, -0.2) is 17.7 Å². The molecule has 3 heteroatoms. The number of ether oxygens (including phenoxy) is 1. The van der Waals surface area contributed by atoms with E-state index in [-0.39, 0.29) is 10.8 Å². The minimum Gasteiger partial charge on any atom is -0.493 e. The number of carboxylic acids is 1. The third-order valence-electron chi connectivity index (χ3n) is 5.28. The SMILES string of the molecule is CCOc1c(C2CC2C=CC(C)=CC(=O)O)cc(C(C)(C)C)cc1C(C)(C)C. The van der Waals surface area contributed by atoms with Crippen LogP contribution < -0.4 is 4.74 Å². The van der Waals surface area contributed by atoms with Crippen molar-refractivity contribution in [1.82, 2.24) is 0 Å². The van der Waals surface area contributed by atoms with Crippen molar-refractivity contribution in [1.29, 1.82) is 0 Å². The number of hydrogen-bond donors (Lipinski definition) is 1. The van der Waals surface area contributed by atoms with Gasteiger partial charge in [0.05, 0.1) is 6.61 Å². The number of carbonyl (C=O) groups is 1. The van der Waals surface area contributed by atoms with E-state index in [1.54, 1.807) is 0 Å². The van der Waals surface area contributed by atoms with Gasteiger partial charge in [0, 0.05) is 11.6 Å². The van der Waals surface area contributed by atoms with Crippen molar-refractivity contribution in [3.05, 3.63) is 52.6 Å². The second kappa shape index (κ2) is 8.14. The van der Waals surface area contributed by atoms with Crippen LogP contribution in [0.1, 0.15) is 84.4 Å². The van der Waals surface area contributed by atoms with Crippen LogP contribution in [0, 0.1) is 5.92 Å². The van der Waals surface area contributed by atoms with E-state index in [4.69, 9.17) is 9.84 Å². The van der Waals surface area contributed by atoms with Crippen LogP contribution in [-0.2, 0) is 15.6 Å². The first-order valence-electron chi connectivity index (χ1n) is 10.3. The average Bonchev–Trinajstić information content (AvgIpc) is 3.30. The van der Waals surface area contributed by atoms with Crippen molar-refractivity contribution < 1.29 is 14.6 Å². The molecule has 28 heavy (non-hydrogen) atoms. The number of hydrogen-bond acceptors (Lipinski definition) is 2. The lowest BCUT2D eigenvalue weighted by atomic mass is 9.78. The van der Waals surface area contributed by atoms with Crippen LogP contribution in [0.25, 0.3) is 0 Å². The van der Waals surface area contributed by atoms with Gasteiger partial charge in [-0.25, -0.2) is 4.79 Å². The largest absolute Gasteiger partial charge is 0.493 e. The first kappa shape index (κ1) is 22.3. The fraction of sp³-hybridized carbons (Fsp3) is 0.560. The Bertz CT molecular complexity index is 785. The highest BCUT2D eigenvalue weighted by molar-refractivity contribution is 5.81. The Hall–Kier alpha value is -2.03. The number of allylic oxidation sites excluding steroid dienone is 3. The topological polar surface area (TPSA) is 46.5 Å². The van der Waals surface area contributed by atoms with E-state index < -0.39 is 5.97 Å². The lowest BCUT2D eigenvalue weighted by Gasteiger charge is -2.29. The molecular weight excluding hydrogens is 348 g/mol. The van der Waals surface area contributed by atoms with Gasteiger partial charge in [-0.3, -0.25) is 0 Å². The maximum atomic E-state index is 10.8. The molecular formula is C25H36O3. The van der Waals surface area contributed by atoms with Gasteiger partial charge in [-0.05, 0) is 59.6 Å². The molecule has 2 rings (SSSR count). The van der Waals surface area contributed by atoms with E-state index in [1.165, 1.54) is 22.8 Å². The molecule has 1 fully saturated rings. The molecule has 1 aliphatic carbocycles. The van der Waals surface area contributed by atoms with Gasteiger partial charge in [0.2, 0.25) is 0 Å². The summed E-state index contributed by atoms with van der Waals surface area (Å²) in [6.45, 7) is 18.0. The molecule has 0 radical (unpaired) electrons. The molecule has 1 N–H and O–H groups in total. The normalized spacial score (nSPS) is 20.5. The zero-order chi connectivity index (χ0) is 21.3. The minimum atomic E-state index is -0.902. The summed E-state index contributed by atoms with van der Waals surface area (Å²) in [4.78, 5) is 10.8. The second-order valence-electron chi connectivity index (χ2n) is 9.97. The van der Waals surface area contributed by atoms with Crippen molar-refractivity contribution in [2.75, 3.05) is 6.61 Å². The van der Waals surface area contributed by atoms with Crippen LogP contribution in [0.3, 0.4) is 0 Å². The van der Waals surface area contributed by atoms with E-state index in [2.05, 4.69) is 59.8 Å². The Balaban J connectivity index is 2.46. The Morgan fingerprint density at radius 2 is 1.82 bits per heavy atom. The molecule has 0 saturated heterocycles. The highest BCUT2D eigenvalue weighted by Crippen LogP contribution is 2.54. The Kier molecular flexibility index (Phi) is 6.48. The fourth-order valence-corrected chi connectivity index (χ4v) is 3.53. The Morgan fingerprint density at radius 1 is 1.18 bits per heavy atom. The molecule has 0 amide bonds. The van der Waals surface area contributed by atoms with Crippen LogP contribution >= 0.6 is 0 Å². The van der Waals surface area contributed by atoms with Gasteiger partial charge in [-0.15, -0.1) is 0 Å². The number of rotatable bonds is 6. The van der Waals surface area contributed by atoms with Crippen LogP contribution in [0.2, 0.25) is 0 Å². The molecule has 0 aliphatic heterocycles. The molecule has 1 aliphatic rings. The third kappa shape index (κ3) is 5.50. The summed E-state index contributed by atoms with van der Waals surface area (Å²) in [6.07, 6.45) is 6.40. The summed E-state index contributed by atoms with van der Waals surface area (Å²) in [5, 5.41) is 8.88. The van der Waals surface area contributed by atoms with E-state index in [1.807, 2.05) is 19.9 Å². The summed E-state index contributed by atoms with van der Waals surface area (Å²) in [7, 11) is 0. The summed E-state index contributed by atoms with van der Waals surface area (Å²) >= 11 is 0. The maximum Gasteiger partial charge on any atom is 0.328 e. The van der Waals surface area contributed by atoms with Crippen molar-refractivity contribution >= 4 is 5.97 Å². The fourth-order valence-electron chi connectivity index (χ4n) is 3.53. The molecule has 0 bridgehead atoms. The van der Waals surface area contributed by atoms with Gasteiger partial charge in [0.25, 0.3) is 0 Å². The summed E-state index contributed by atoms with van der Waals surface area (Å²) in [5.41, 5.74) is 4.75. The summed E-state index contributed by atoms with van der Waals surface area (Å²) in [6, 6.07) is 4.65. The number of benzene rings is 1. The smallest absolute Gasteiger partial charge is 0.328 e. The first-order chi connectivity index (χ1) is 12.8. The molecule has 0 spiro atoms. The van der Waals surface area contributed by atoms with Crippen molar-refractivity contribution in [3.63, 3.8) is 0 Å². The molecule has 3 nitrogen and oxygen atoms in total. The molecule has 1 aromatic carbocycles. The maximum absolute atomic E-state index is 10.8. The van der Waals surface area contributed by atoms with Gasteiger partial charge in [0.1, 0.15) is 5.75 Å². The molecule has 2 unspecified atom stereocenters. The molecule has 154 valence electrons. The molecule has 1 aromatic rings. The van der Waals surface area contributed by atoms with Crippen LogP contribution in [0.5, 0.6) is 5.75 Å². The number of carboxylic acid groups (broad SMARTS) is 1. The lowest BCUT2D eigenvalue weighted by Crippen LogP contribution is -2.19. The van der Waals surface area contributed by atoms with Crippen molar-refractivity contribution in [2.45, 2.75) is 78.6 Å². The molecule has 1 saturated carbocycles. The Labute approximate surface area is 170 Å². The minimum absolute atomic E-state index is 0.00154. The summed E-state index contributed by atoms with van der Waals surface area (Å²) in [5.74, 6) is 1.00.